The number of hydrogen-bond acceptors (Lipinski definition) is 28. The number of thiazole rings is 2. The van der Waals surface area contributed by atoms with Gasteiger partial charge in [-0.2, -0.15) is 0 Å². The molecule has 1 aliphatic rings. The van der Waals surface area contributed by atoms with Gasteiger partial charge >= 0.3 is 0 Å². The summed E-state index contributed by atoms with van der Waals surface area (Å²) in [5.74, 6) is -1.39. The topological polar surface area (TPSA) is 418 Å². The molecule has 34 heteroatoms. The van der Waals surface area contributed by atoms with Crippen LogP contribution in [0.5, 0.6) is 0 Å². The molecule has 1 saturated heterocycles. The highest BCUT2D eigenvalue weighted by Gasteiger charge is 2.55. The monoisotopic (exact) mass is 1150 g/mol. The first kappa shape index (κ1) is 62.9. The fraction of sp³-hybridized carbons (Fsp3) is 0.553. The maximum atomic E-state index is 12.5. The van der Waals surface area contributed by atoms with E-state index in [4.69, 9.17) is 10.5 Å². The standard InChI is InChI=1S/C23H40N7O16P3.C9H11NOS2.C6H7NOS2/c1-5-7-25-14(31)6-8-26-21(34)18(33)22(2,3)10-43-49(40,41)46-48(38,39)42-9-13-16(45-47(35,36)37)17(32)23(4,44-13)30-12-29-15-19(24)27-11-28-20(15)30;1-6(9(11)12-3)4-8-5-13-7(2)10-8;1-4-7-5(3-10-4)6(8)9-2/h11-13,16-18,32-33H,5-10H2,1-4H3,(H,25,31)(H,26,34)(H,38,39)(H,40,41)(H2,24,27,28)(H2,35,36,37);4-5H,1-3H3;3H,1-2H3/p-4/b;6-4+;. The van der Waals surface area contributed by atoms with Gasteiger partial charge in [-0.3, -0.25) is 32.9 Å². The predicted octanol–water partition coefficient (Wildman–Crippen LogP) is 1.16. The number of nitrogens with one attached hydrogen (secondary N) is 2. The van der Waals surface area contributed by atoms with Gasteiger partial charge < -0.3 is 69.0 Å². The van der Waals surface area contributed by atoms with Crippen LogP contribution in [0.3, 0.4) is 0 Å². The molecule has 4 aromatic heterocycles. The number of carbonyl (C=O) groups excluding carboxylic acids is 4. The number of aliphatic hydroxyl groups is 2. The van der Waals surface area contributed by atoms with Gasteiger partial charge in [0.25, 0.3) is 15.6 Å². The van der Waals surface area contributed by atoms with Crippen LogP contribution in [0.4, 0.5) is 5.82 Å². The van der Waals surface area contributed by atoms with Crippen LogP contribution in [0.15, 0.2) is 29.0 Å². The van der Waals surface area contributed by atoms with Crippen LogP contribution >= 0.6 is 69.7 Å². The van der Waals surface area contributed by atoms with Crippen molar-refractivity contribution in [3.63, 3.8) is 0 Å². The average molecular weight is 1150 g/mol. The van der Waals surface area contributed by atoms with Crippen molar-refractivity contribution in [1.82, 2.24) is 40.1 Å². The lowest BCUT2D eigenvalue weighted by molar-refractivity contribution is -0.347. The highest BCUT2D eigenvalue weighted by molar-refractivity contribution is 8.13. The van der Waals surface area contributed by atoms with Crippen LogP contribution < -0.4 is 35.9 Å². The van der Waals surface area contributed by atoms with E-state index in [2.05, 4.69) is 53.4 Å². The fourth-order valence-electron chi connectivity index (χ4n) is 5.94. The Morgan fingerprint density at radius 3 is 2.21 bits per heavy atom. The minimum absolute atomic E-state index is 0.0237. The maximum Gasteiger partial charge on any atom is 0.274 e. The molecule has 4 aromatic rings. The quantitative estimate of drug-likeness (QED) is 0.0577. The molecule has 0 saturated carbocycles. The Morgan fingerprint density at radius 2 is 1.64 bits per heavy atom. The summed E-state index contributed by atoms with van der Waals surface area (Å²) in [5.41, 5.74) is 4.30. The molecule has 0 bridgehead atoms. The average Bonchev–Trinajstić information content (AvgIpc) is 4.10. The molecule has 0 aliphatic carbocycles. The Bertz CT molecular complexity index is 2680. The lowest BCUT2D eigenvalue weighted by Crippen LogP contribution is -2.46. The van der Waals surface area contributed by atoms with Gasteiger partial charge in [0.05, 0.1) is 43.1 Å². The Hall–Kier alpha value is -3.42. The molecule has 7 atom stereocenters. The second kappa shape index (κ2) is 27.4. The zero-order chi connectivity index (χ0) is 54.4. The van der Waals surface area contributed by atoms with Gasteiger partial charge in [0, 0.05) is 41.3 Å². The number of rotatable bonds is 21. The number of hydrogen-bond donors (Lipinski definition) is 5. The minimum atomic E-state index is -5.90. The number of phosphoric ester groups is 3. The zero-order valence-electron chi connectivity index (χ0n) is 40.1. The molecule has 2 amide bonds. The first-order valence-corrected chi connectivity index (χ1v) is 29.5. The Labute approximate surface area is 430 Å². The molecular formula is C38H54N9O18P3S4-4. The predicted molar refractivity (Wildman–Crippen MR) is 259 cm³/mol. The van der Waals surface area contributed by atoms with Crippen molar-refractivity contribution in [2.24, 2.45) is 5.41 Å². The van der Waals surface area contributed by atoms with Crippen LogP contribution in [0.2, 0.25) is 0 Å². The number of carbonyl (C=O) groups is 4. The van der Waals surface area contributed by atoms with Crippen molar-refractivity contribution in [2.75, 3.05) is 44.5 Å². The van der Waals surface area contributed by atoms with E-state index in [1.807, 2.05) is 39.2 Å². The van der Waals surface area contributed by atoms with Crippen LogP contribution in [0.25, 0.3) is 17.2 Å². The molecule has 27 nitrogen and oxygen atoms in total. The summed E-state index contributed by atoms with van der Waals surface area (Å²) in [5, 5.41) is 32.2. The van der Waals surface area contributed by atoms with Crippen LogP contribution in [0, 0.1) is 19.3 Å². The molecular weight excluding hydrogens is 1090 g/mol. The number of aromatic nitrogens is 6. The van der Waals surface area contributed by atoms with E-state index in [1.165, 1.54) is 55.6 Å². The number of nitrogens with zero attached hydrogens (tertiary/aromatic N) is 6. The first-order valence-electron chi connectivity index (χ1n) is 20.9. The largest absolute Gasteiger partial charge is 0.790 e. The van der Waals surface area contributed by atoms with Gasteiger partial charge in [-0.1, -0.05) is 44.3 Å². The number of fused-ring (bicyclic) bond motifs is 1. The van der Waals surface area contributed by atoms with Crippen molar-refractivity contribution in [1.29, 1.82) is 0 Å². The van der Waals surface area contributed by atoms with Crippen LogP contribution in [-0.4, -0.2) is 125 Å². The normalized spacial score (nSPS) is 20.3. The number of nitrogen functional groups attached to an aromatic ring is 1. The number of amides is 2. The molecule has 6 N–H and O–H groups in total. The van der Waals surface area contributed by atoms with Crippen molar-refractivity contribution in [2.45, 2.75) is 91.4 Å². The minimum Gasteiger partial charge on any atom is -0.790 e. The molecule has 1 aliphatic heterocycles. The molecule has 5 heterocycles. The Morgan fingerprint density at radius 1 is 1.00 bits per heavy atom. The van der Waals surface area contributed by atoms with E-state index in [1.54, 1.807) is 29.2 Å². The lowest BCUT2D eigenvalue weighted by Gasteiger charge is -2.36. The molecule has 72 heavy (non-hydrogen) atoms. The number of ether oxygens (including phenoxy) is 1. The van der Waals surface area contributed by atoms with Gasteiger partial charge in [-0.05, 0) is 52.7 Å². The number of phosphoric acid groups is 3. The van der Waals surface area contributed by atoms with Gasteiger partial charge in [-0.15, -0.1) is 22.7 Å². The van der Waals surface area contributed by atoms with E-state index >= 15 is 0 Å². The first-order chi connectivity index (χ1) is 33.4. The van der Waals surface area contributed by atoms with E-state index in [0.717, 1.165) is 38.5 Å². The molecule has 402 valence electrons. The smallest absolute Gasteiger partial charge is 0.274 e. The van der Waals surface area contributed by atoms with E-state index in [9.17, 15) is 62.7 Å². The molecule has 1 fully saturated rings. The van der Waals surface area contributed by atoms with Crippen molar-refractivity contribution in [3.05, 3.63) is 50.4 Å². The molecule has 0 aromatic carbocycles. The third-order valence-electron chi connectivity index (χ3n) is 9.63. The van der Waals surface area contributed by atoms with Crippen molar-refractivity contribution in [3.8, 4) is 0 Å². The highest BCUT2D eigenvalue weighted by atomic mass is 32.2. The van der Waals surface area contributed by atoms with Gasteiger partial charge in [0.2, 0.25) is 22.0 Å². The number of nitrogens with two attached hydrogens (primary N) is 1. The number of imidazole rings is 1. The zero-order valence-corrected chi connectivity index (χ0v) is 46.0. The summed E-state index contributed by atoms with van der Waals surface area (Å²) < 4.78 is 60.7. The maximum absolute atomic E-state index is 12.5. The highest BCUT2D eigenvalue weighted by Crippen LogP contribution is 2.56. The molecule has 7 unspecified atom stereocenters. The number of aryl methyl sites for hydroxylation is 2. The van der Waals surface area contributed by atoms with E-state index in [-0.39, 0.29) is 46.1 Å². The second-order valence-electron chi connectivity index (χ2n) is 15.9. The number of anilines is 1. The third kappa shape index (κ3) is 19.1. The summed E-state index contributed by atoms with van der Waals surface area (Å²) in [7, 11) is -17.6. The Kier molecular flexibility index (Phi) is 23.9. The van der Waals surface area contributed by atoms with Gasteiger partial charge in [0.15, 0.2) is 17.2 Å². The van der Waals surface area contributed by atoms with Crippen LogP contribution in [0.1, 0.15) is 73.7 Å². The van der Waals surface area contributed by atoms with Crippen LogP contribution in [-0.2, 0) is 56.4 Å². The van der Waals surface area contributed by atoms with E-state index < -0.39 is 78.1 Å². The number of aliphatic hydroxyl groups excluding tert-OH is 2. The lowest BCUT2D eigenvalue weighted by atomic mass is 9.87. The Balaban J connectivity index is 0.000000481. The molecule has 5 rings (SSSR count). The third-order valence-corrected chi connectivity index (χ3v) is 15.5. The van der Waals surface area contributed by atoms with Crippen molar-refractivity contribution >= 4 is 115 Å². The van der Waals surface area contributed by atoms with E-state index in [0.29, 0.717) is 18.7 Å². The summed E-state index contributed by atoms with van der Waals surface area (Å²) in [6.07, 6.45) is 0.206. The van der Waals surface area contributed by atoms with Gasteiger partial charge in [-0.25, -0.2) is 29.2 Å². The number of thioether (sulfide) groups is 2. The molecule has 0 spiro atoms. The fourth-order valence-corrected chi connectivity index (χ4v) is 10.6. The second-order valence-corrected chi connectivity index (χ2v) is 23.6. The van der Waals surface area contributed by atoms with Crippen molar-refractivity contribution < 1.29 is 85.3 Å². The summed E-state index contributed by atoms with van der Waals surface area (Å²) >= 11 is 5.52. The van der Waals surface area contributed by atoms with Gasteiger partial charge in [0.1, 0.15) is 42.0 Å². The summed E-state index contributed by atoms with van der Waals surface area (Å²) in [6, 6.07) is 0. The molecule has 0 radical (unpaired) electrons. The summed E-state index contributed by atoms with van der Waals surface area (Å²) in [4.78, 5) is 114. The SMILES string of the molecule is CCCNC(=O)CCNC(=O)C(O)C(C)(C)COP(=O)([O-])OP(=O)([O-])OCC1OC(C)(n2cnc3c(N)ncnc32)C(O)C1OP(=O)([O-])[O-].CSC(=O)/C(C)=C/c1csc(C)n1.CSC(=O)c1csc(C)n1. The summed E-state index contributed by atoms with van der Waals surface area (Å²) in [6.45, 7) is 9.18.